The SMILES string of the molecule is CCN(C(=O)Cc1ccc(NC(=O)C(C)Sc2ccc(OC)cc2)cc1)c1ccccc1. The van der Waals surface area contributed by atoms with Crippen molar-refractivity contribution in [2.24, 2.45) is 0 Å². The van der Waals surface area contributed by atoms with E-state index in [9.17, 15) is 9.59 Å². The van der Waals surface area contributed by atoms with E-state index in [2.05, 4.69) is 5.32 Å². The molecule has 0 saturated heterocycles. The molecule has 0 aliphatic heterocycles. The molecule has 32 heavy (non-hydrogen) atoms. The highest BCUT2D eigenvalue weighted by Gasteiger charge is 2.16. The molecular weight excluding hydrogens is 420 g/mol. The van der Waals surface area contributed by atoms with Crippen LogP contribution >= 0.6 is 11.8 Å². The maximum Gasteiger partial charge on any atom is 0.237 e. The summed E-state index contributed by atoms with van der Waals surface area (Å²) in [7, 11) is 1.63. The zero-order chi connectivity index (χ0) is 22.9. The Kier molecular flexibility index (Phi) is 8.34. The Morgan fingerprint density at radius 1 is 0.969 bits per heavy atom. The number of anilines is 2. The van der Waals surface area contributed by atoms with Gasteiger partial charge in [-0.3, -0.25) is 9.59 Å². The highest BCUT2D eigenvalue weighted by molar-refractivity contribution is 8.00. The number of para-hydroxylation sites is 1. The quantitative estimate of drug-likeness (QED) is 0.445. The van der Waals surface area contributed by atoms with Crippen molar-refractivity contribution in [1.82, 2.24) is 0 Å². The molecule has 0 aromatic heterocycles. The number of benzene rings is 3. The van der Waals surface area contributed by atoms with Crippen LogP contribution in [-0.2, 0) is 16.0 Å². The molecule has 3 aromatic carbocycles. The second kappa shape index (κ2) is 11.4. The third kappa shape index (κ3) is 6.37. The van der Waals surface area contributed by atoms with Gasteiger partial charge in [-0.15, -0.1) is 11.8 Å². The van der Waals surface area contributed by atoms with Crippen LogP contribution in [-0.4, -0.2) is 30.7 Å². The van der Waals surface area contributed by atoms with E-state index in [0.29, 0.717) is 18.7 Å². The van der Waals surface area contributed by atoms with Crippen molar-refractivity contribution < 1.29 is 14.3 Å². The van der Waals surface area contributed by atoms with Gasteiger partial charge in [-0.05, 0) is 67.9 Å². The van der Waals surface area contributed by atoms with Crippen molar-refractivity contribution in [2.75, 3.05) is 23.9 Å². The van der Waals surface area contributed by atoms with Gasteiger partial charge in [0.05, 0.1) is 18.8 Å². The smallest absolute Gasteiger partial charge is 0.237 e. The Bertz CT molecular complexity index is 1020. The number of carbonyl (C=O) groups is 2. The van der Waals surface area contributed by atoms with Gasteiger partial charge < -0.3 is 15.0 Å². The molecule has 5 nitrogen and oxygen atoms in total. The Hall–Kier alpha value is -3.25. The number of amides is 2. The van der Waals surface area contributed by atoms with Crippen LogP contribution in [0.1, 0.15) is 19.4 Å². The molecule has 0 heterocycles. The molecule has 6 heteroatoms. The van der Waals surface area contributed by atoms with Gasteiger partial charge in [-0.2, -0.15) is 0 Å². The normalized spacial score (nSPS) is 11.5. The van der Waals surface area contributed by atoms with Crippen molar-refractivity contribution in [2.45, 2.75) is 30.4 Å². The molecule has 3 rings (SSSR count). The maximum absolute atomic E-state index is 12.8. The van der Waals surface area contributed by atoms with E-state index in [-0.39, 0.29) is 17.1 Å². The summed E-state index contributed by atoms with van der Waals surface area (Å²) < 4.78 is 5.16. The van der Waals surface area contributed by atoms with Gasteiger partial charge in [0.25, 0.3) is 0 Å². The molecule has 0 fully saturated rings. The molecule has 0 bridgehead atoms. The maximum atomic E-state index is 12.8. The number of rotatable bonds is 9. The van der Waals surface area contributed by atoms with Crippen LogP contribution in [0.4, 0.5) is 11.4 Å². The van der Waals surface area contributed by atoms with Crippen molar-refractivity contribution in [1.29, 1.82) is 0 Å². The first kappa shape index (κ1) is 23.4. The average Bonchev–Trinajstić information content (AvgIpc) is 2.82. The van der Waals surface area contributed by atoms with E-state index in [1.165, 1.54) is 11.8 Å². The largest absolute Gasteiger partial charge is 0.497 e. The third-order valence-corrected chi connectivity index (χ3v) is 6.12. The van der Waals surface area contributed by atoms with Crippen LogP contribution in [0.15, 0.2) is 83.8 Å². The molecule has 0 aliphatic rings. The number of nitrogens with one attached hydrogen (secondary N) is 1. The summed E-state index contributed by atoms with van der Waals surface area (Å²) in [6, 6.07) is 24.7. The molecule has 1 N–H and O–H groups in total. The fourth-order valence-corrected chi connectivity index (χ4v) is 4.11. The van der Waals surface area contributed by atoms with Crippen molar-refractivity contribution in [3.8, 4) is 5.75 Å². The number of nitrogens with zero attached hydrogens (tertiary/aromatic N) is 1. The average molecular weight is 449 g/mol. The van der Waals surface area contributed by atoms with Gasteiger partial charge in [-0.1, -0.05) is 30.3 Å². The lowest BCUT2D eigenvalue weighted by Gasteiger charge is -2.21. The zero-order valence-corrected chi connectivity index (χ0v) is 19.4. The van der Waals surface area contributed by atoms with Crippen LogP contribution < -0.4 is 15.0 Å². The summed E-state index contributed by atoms with van der Waals surface area (Å²) in [5.41, 5.74) is 2.51. The Morgan fingerprint density at radius 3 is 2.22 bits per heavy atom. The number of likely N-dealkylation sites (N-methyl/N-ethyl adjacent to an activating group) is 1. The molecular formula is C26H28N2O3S. The summed E-state index contributed by atoms with van der Waals surface area (Å²) in [6.45, 7) is 4.45. The predicted molar refractivity (Wildman–Crippen MR) is 132 cm³/mol. The summed E-state index contributed by atoms with van der Waals surface area (Å²) in [6.07, 6.45) is 0.306. The van der Waals surface area contributed by atoms with E-state index >= 15 is 0 Å². The van der Waals surface area contributed by atoms with Crippen LogP contribution in [0.5, 0.6) is 5.75 Å². The first-order valence-corrected chi connectivity index (χ1v) is 11.4. The fraction of sp³-hybridized carbons (Fsp3) is 0.231. The van der Waals surface area contributed by atoms with E-state index in [0.717, 1.165) is 21.9 Å². The lowest BCUT2D eigenvalue weighted by Crippen LogP contribution is -2.31. The van der Waals surface area contributed by atoms with Crippen LogP contribution in [0.3, 0.4) is 0 Å². The number of thioether (sulfide) groups is 1. The number of methoxy groups -OCH3 is 1. The molecule has 0 spiro atoms. The van der Waals surface area contributed by atoms with Gasteiger partial charge in [0, 0.05) is 22.8 Å². The topological polar surface area (TPSA) is 58.6 Å². The van der Waals surface area contributed by atoms with Crippen LogP contribution in [0.2, 0.25) is 0 Å². The molecule has 3 aromatic rings. The molecule has 1 unspecified atom stereocenters. The van der Waals surface area contributed by atoms with Gasteiger partial charge in [0.1, 0.15) is 5.75 Å². The fourth-order valence-electron chi connectivity index (χ4n) is 3.24. The minimum Gasteiger partial charge on any atom is -0.497 e. The second-order valence-electron chi connectivity index (χ2n) is 7.27. The number of hydrogen-bond donors (Lipinski definition) is 1. The van der Waals surface area contributed by atoms with Gasteiger partial charge in [-0.25, -0.2) is 0 Å². The van der Waals surface area contributed by atoms with Crippen molar-refractivity contribution >= 4 is 35.0 Å². The minimum absolute atomic E-state index is 0.0417. The third-order valence-electron chi connectivity index (χ3n) is 5.00. The van der Waals surface area contributed by atoms with Crippen LogP contribution in [0.25, 0.3) is 0 Å². The first-order chi connectivity index (χ1) is 15.5. The Labute approximate surface area is 193 Å². The van der Waals surface area contributed by atoms with E-state index in [4.69, 9.17) is 4.74 Å². The summed E-state index contributed by atoms with van der Waals surface area (Å²) in [4.78, 5) is 28.1. The highest BCUT2D eigenvalue weighted by atomic mass is 32.2. The lowest BCUT2D eigenvalue weighted by molar-refractivity contribution is -0.118. The first-order valence-electron chi connectivity index (χ1n) is 10.6. The second-order valence-corrected chi connectivity index (χ2v) is 8.69. The molecule has 0 radical (unpaired) electrons. The molecule has 166 valence electrons. The van der Waals surface area contributed by atoms with Crippen LogP contribution in [0, 0.1) is 0 Å². The number of ether oxygens (including phenoxy) is 1. The molecule has 2 amide bonds. The monoisotopic (exact) mass is 448 g/mol. The highest BCUT2D eigenvalue weighted by Crippen LogP contribution is 2.26. The number of hydrogen-bond acceptors (Lipinski definition) is 4. The summed E-state index contributed by atoms with van der Waals surface area (Å²) in [5.74, 6) is 0.756. The van der Waals surface area contributed by atoms with Gasteiger partial charge in [0.2, 0.25) is 11.8 Å². The Morgan fingerprint density at radius 2 is 1.62 bits per heavy atom. The van der Waals surface area contributed by atoms with E-state index in [1.54, 1.807) is 12.0 Å². The standard InChI is InChI=1S/C26H28N2O3S/c1-4-28(22-8-6-5-7-9-22)25(29)18-20-10-12-21(13-11-20)27-26(30)19(2)32-24-16-14-23(31-3)15-17-24/h5-17,19H,4,18H2,1-3H3,(H,27,30). The van der Waals surface area contributed by atoms with Crippen molar-refractivity contribution in [3.05, 3.63) is 84.4 Å². The lowest BCUT2D eigenvalue weighted by atomic mass is 10.1. The number of carbonyl (C=O) groups excluding carboxylic acids is 2. The van der Waals surface area contributed by atoms with Gasteiger partial charge in [0.15, 0.2) is 0 Å². The summed E-state index contributed by atoms with van der Waals surface area (Å²) >= 11 is 1.49. The minimum atomic E-state index is -0.256. The molecule has 0 aliphatic carbocycles. The van der Waals surface area contributed by atoms with Gasteiger partial charge >= 0.3 is 0 Å². The van der Waals surface area contributed by atoms with Crippen molar-refractivity contribution in [3.63, 3.8) is 0 Å². The van der Waals surface area contributed by atoms with E-state index < -0.39 is 0 Å². The van der Waals surface area contributed by atoms with E-state index in [1.807, 2.05) is 92.7 Å². The Balaban J connectivity index is 1.55. The summed E-state index contributed by atoms with van der Waals surface area (Å²) in [5, 5.41) is 2.69. The molecule has 1 atom stereocenters. The predicted octanol–water partition coefficient (Wildman–Crippen LogP) is 5.41. The zero-order valence-electron chi connectivity index (χ0n) is 18.6. The molecule has 0 saturated carbocycles.